The normalized spacial score (nSPS) is 13.6. The first-order chi connectivity index (χ1) is 7.88. The molecule has 4 nitrogen and oxygen atoms in total. The van der Waals surface area contributed by atoms with Crippen LogP contribution in [0.15, 0.2) is 18.3 Å². The average Bonchev–Trinajstić information content (AvgIpc) is 2.19. The van der Waals surface area contributed by atoms with Crippen LogP contribution < -0.4 is 11.5 Å². The van der Waals surface area contributed by atoms with E-state index in [-0.39, 0.29) is 6.61 Å². The molecule has 0 bridgehead atoms. The molecule has 0 aromatic carbocycles. The van der Waals surface area contributed by atoms with Gasteiger partial charge in [-0.15, -0.1) is 0 Å². The van der Waals surface area contributed by atoms with Crippen molar-refractivity contribution >= 4 is 5.82 Å². The minimum Gasteiger partial charge on any atom is -0.383 e. The van der Waals surface area contributed by atoms with Gasteiger partial charge in [0.1, 0.15) is 12.4 Å². The lowest BCUT2D eigenvalue weighted by Crippen LogP contribution is -2.31. The molecule has 0 saturated heterocycles. The predicted octanol–water partition coefficient (Wildman–Crippen LogP) is 1.11. The van der Waals surface area contributed by atoms with Crippen LogP contribution in [0.1, 0.15) is 5.56 Å². The maximum Gasteiger partial charge on any atom is 0.411 e. The summed E-state index contributed by atoms with van der Waals surface area (Å²) in [5.41, 5.74) is 11.9. The lowest BCUT2D eigenvalue weighted by Gasteiger charge is -2.14. The summed E-state index contributed by atoms with van der Waals surface area (Å²) in [5.74, 6) is 0.332. The standard InChI is InChI=1S/C10H14F3N3O/c11-10(12,13)6-17-5-8(14)4-7-2-1-3-16-9(7)15/h1-3,8H,4-6,14H2,(H2,15,16). The van der Waals surface area contributed by atoms with Crippen LogP contribution in [-0.2, 0) is 11.2 Å². The number of ether oxygens (including phenoxy) is 1. The first-order valence-corrected chi connectivity index (χ1v) is 4.98. The van der Waals surface area contributed by atoms with Crippen molar-refractivity contribution in [2.45, 2.75) is 18.6 Å². The van der Waals surface area contributed by atoms with Gasteiger partial charge in [-0.2, -0.15) is 13.2 Å². The Kier molecular flexibility index (Phi) is 4.71. The molecule has 4 N–H and O–H groups in total. The number of rotatable bonds is 5. The molecular weight excluding hydrogens is 235 g/mol. The Labute approximate surface area is 96.8 Å². The largest absolute Gasteiger partial charge is 0.411 e. The second kappa shape index (κ2) is 5.83. The SMILES string of the molecule is Nc1ncccc1CC(N)COCC(F)(F)F. The summed E-state index contributed by atoms with van der Waals surface area (Å²) in [4.78, 5) is 3.85. The van der Waals surface area contributed by atoms with Crippen molar-refractivity contribution in [1.82, 2.24) is 4.98 Å². The van der Waals surface area contributed by atoms with Gasteiger partial charge in [0.2, 0.25) is 0 Å². The summed E-state index contributed by atoms with van der Waals surface area (Å²) in [6.45, 7) is -1.46. The second-order valence-corrected chi connectivity index (χ2v) is 3.64. The highest BCUT2D eigenvalue weighted by atomic mass is 19.4. The summed E-state index contributed by atoms with van der Waals surface area (Å²) < 4.78 is 39.9. The lowest BCUT2D eigenvalue weighted by atomic mass is 10.1. The van der Waals surface area contributed by atoms with Gasteiger partial charge >= 0.3 is 6.18 Å². The maximum atomic E-state index is 11.8. The molecule has 7 heteroatoms. The third-order valence-corrected chi connectivity index (χ3v) is 2.01. The zero-order chi connectivity index (χ0) is 12.9. The molecule has 96 valence electrons. The molecule has 1 unspecified atom stereocenters. The number of nitrogens with two attached hydrogens (primary N) is 2. The smallest absolute Gasteiger partial charge is 0.383 e. The van der Waals surface area contributed by atoms with Gasteiger partial charge in [-0.3, -0.25) is 0 Å². The van der Waals surface area contributed by atoms with E-state index in [0.29, 0.717) is 17.8 Å². The van der Waals surface area contributed by atoms with Crippen LogP contribution in [-0.4, -0.2) is 30.4 Å². The average molecular weight is 249 g/mol. The fourth-order valence-corrected chi connectivity index (χ4v) is 1.29. The van der Waals surface area contributed by atoms with E-state index in [2.05, 4.69) is 9.72 Å². The Morgan fingerprint density at radius 2 is 2.12 bits per heavy atom. The maximum absolute atomic E-state index is 11.8. The van der Waals surface area contributed by atoms with E-state index >= 15 is 0 Å². The van der Waals surface area contributed by atoms with Gasteiger partial charge < -0.3 is 16.2 Å². The van der Waals surface area contributed by atoms with Gasteiger partial charge in [-0.25, -0.2) is 4.98 Å². The van der Waals surface area contributed by atoms with Crippen LogP contribution in [0.5, 0.6) is 0 Å². The van der Waals surface area contributed by atoms with Crippen molar-refractivity contribution in [2.24, 2.45) is 5.73 Å². The molecule has 1 rings (SSSR count). The third kappa shape index (κ3) is 5.50. The summed E-state index contributed by atoms with van der Waals surface area (Å²) in [6, 6.07) is 2.88. The van der Waals surface area contributed by atoms with Crippen LogP contribution in [0.3, 0.4) is 0 Å². The molecule has 0 amide bonds. The molecule has 0 fully saturated rings. The molecule has 1 aromatic rings. The molecule has 0 aliphatic carbocycles. The fraction of sp³-hybridized carbons (Fsp3) is 0.500. The number of nitrogen functional groups attached to an aromatic ring is 1. The fourth-order valence-electron chi connectivity index (χ4n) is 1.29. The number of pyridine rings is 1. The van der Waals surface area contributed by atoms with Crippen molar-refractivity contribution in [2.75, 3.05) is 18.9 Å². The number of aromatic nitrogens is 1. The number of anilines is 1. The summed E-state index contributed by atoms with van der Waals surface area (Å²) >= 11 is 0. The molecule has 0 aliphatic heterocycles. The van der Waals surface area contributed by atoms with E-state index in [1.165, 1.54) is 6.20 Å². The quantitative estimate of drug-likeness (QED) is 0.819. The van der Waals surface area contributed by atoms with Gasteiger partial charge in [-0.1, -0.05) is 6.07 Å². The molecule has 1 heterocycles. The molecule has 0 saturated carbocycles. The van der Waals surface area contributed by atoms with Crippen LogP contribution in [0.25, 0.3) is 0 Å². The van der Waals surface area contributed by atoms with E-state index in [1.807, 2.05) is 0 Å². The Morgan fingerprint density at radius 3 is 2.71 bits per heavy atom. The Balaban J connectivity index is 2.35. The first kappa shape index (κ1) is 13.7. The highest BCUT2D eigenvalue weighted by Crippen LogP contribution is 2.15. The molecular formula is C10H14F3N3O. The van der Waals surface area contributed by atoms with E-state index in [4.69, 9.17) is 11.5 Å². The topological polar surface area (TPSA) is 74.2 Å². The van der Waals surface area contributed by atoms with Gasteiger partial charge in [0, 0.05) is 12.2 Å². The third-order valence-electron chi connectivity index (χ3n) is 2.01. The van der Waals surface area contributed by atoms with Gasteiger partial charge in [-0.05, 0) is 18.1 Å². The number of alkyl halides is 3. The van der Waals surface area contributed by atoms with E-state index in [9.17, 15) is 13.2 Å². The zero-order valence-electron chi connectivity index (χ0n) is 9.07. The molecule has 0 spiro atoms. The number of hydrogen-bond acceptors (Lipinski definition) is 4. The Bertz CT molecular complexity index is 357. The number of hydrogen-bond donors (Lipinski definition) is 2. The van der Waals surface area contributed by atoms with Crippen molar-refractivity contribution in [3.63, 3.8) is 0 Å². The monoisotopic (exact) mass is 249 g/mol. The molecule has 17 heavy (non-hydrogen) atoms. The molecule has 1 aromatic heterocycles. The molecule has 1 atom stereocenters. The van der Waals surface area contributed by atoms with Crippen molar-refractivity contribution in [3.8, 4) is 0 Å². The molecule has 0 aliphatic rings. The highest BCUT2D eigenvalue weighted by molar-refractivity contribution is 5.38. The zero-order valence-corrected chi connectivity index (χ0v) is 9.07. The van der Waals surface area contributed by atoms with Gasteiger partial charge in [0.15, 0.2) is 0 Å². The Hall–Kier alpha value is -1.34. The summed E-state index contributed by atoms with van der Waals surface area (Å²) in [6.07, 6.45) is -2.46. The van der Waals surface area contributed by atoms with Crippen molar-refractivity contribution in [3.05, 3.63) is 23.9 Å². The minimum absolute atomic E-state index is 0.173. The van der Waals surface area contributed by atoms with E-state index in [0.717, 1.165) is 0 Å². The first-order valence-electron chi connectivity index (χ1n) is 4.98. The second-order valence-electron chi connectivity index (χ2n) is 3.64. The van der Waals surface area contributed by atoms with Gasteiger partial charge in [0.25, 0.3) is 0 Å². The van der Waals surface area contributed by atoms with Crippen molar-refractivity contribution in [1.29, 1.82) is 0 Å². The predicted molar refractivity (Wildman–Crippen MR) is 57.2 cm³/mol. The van der Waals surface area contributed by atoms with Crippen LogP contribution in [0.4, 0.5) is 19.0 Å². The van der Waals surface area contributed by atoms with Crippen LogP contribution in [0.2, 0.25) is 0 Å². The van der Waals surface area contributed by atoms with Gasteiger partial charge in [0.05, 0.1) is 6.61 Å². The number of halogens is 3. The van der Waals surface area contributed by atoms with Crippen molar-refractivity contribution < 1.29 is 17.9 Å². The van der Waals surface area contributed by atoms with E-state index in [1.54, 1.807) is 12.1 Å². The Morgan fingerprint density at radius 1 is 1.41 bits per heavy atom. The van der Waals surface area contributed by atoms with E-state index < -0.39 is 18.8 Å². The summed E-state index contributed by atoms with van der Waals surface area (Å²) in [7, 11) is 0. The minimum atomic E-state index is -4.33. The lowest BCUT2D eigenvalue weighted by molar-refractivity contribution is -0.174. The molecule has 0 radical (unpaired) electrons. The number of nitrogens with zero attached hydrogens (tertiary/aromatic N) is 1. The van der Waals surface area contributed by atoms with Crippen LogP contribution in [0, 0.1) is 0 Å². The summed E-state index contributed by atoms with van der Waals surface area (Å²) in [5, 5.41) is 0. The van der Waals surface area contributed by atoms with Crippen LogP contribution >= 0.6 is 0 Å². The highest BCUT2D eigenvalue weighted by Gasteiger charge is 2.27.